The molecule has 3 rings (SSSR count). The summed E-state index contributed by atoms with van der Waals surface area (Å²) in [6.07, 6.45) is 2.28. The zero-order chi connectivity index (χ0) is 17.6. The van der Waals surface area contributed by atoms with Crippen LogP contribution in [-0.4, -0.2) is 32.0 Å². The van der Waals surface area contributed by atoms with Crippen molar-refractivity contribution in [3.05, 3.63) is 71.5 Å². The van der Waals surface area contributed by atoms with Crippen LogP contribution in [0.2, 0.25) is 0 Å². The smallest absolute Gasteiger partial charge is 0.267 e. The highest BCUT2D eigenvalue weighted by molar-refractivity contribution is 6.00. The maximum Gasteiger partial charge on any atom is 0.271 e. The highest BCUT2D eigenvalue weighted by Gasteiger charge is 2.14. The van der Waals surface area contributed by atoms with Crippen LogP contribution in [0.3, 0.4) is 0 Å². The van der Waals surface area contributed by atoms with Gasteiger partial charge in [0.15, 0.2) is 0 Å². The molecular formula is C17H16N6O2. The molecule has 1 aromatic heterocycles. The van der Waals surface area contributed by atoms with E-state index < -0.39 is 11.8 Å². The van der Waals surface area contributed by atoms with E-state index in [1.165, 1.54) is 11.0 Å². The molecular weight excluding hydrogens is 320 g/mol. The van der Waals surface area contributed by atoms with Crippen molar-refractivity contribution in [2.24, 2.45) is 0 Å². The summed E-state index contributed by atoms with van der Waals surface area (Å²) in [5, 5.41) is 10.9. The van der Waals surface area contributed by atoms with Crippen molar-refractivity contribution < 1.29 is 9.59 Å². The Morgan fingerprint density at radius 3 is 2.40 bits per heavy atom. The summed E-state index contributed by atoms with van der Waals surface area (Å²) in [6, 6.07) is 14.0. The minimum absolute atomic E-state index is 0.330. The summed E-state index contributed by atoms with van der Waals surface area (Å²) in [4.78, 5) is 24.5. The molecule has 126 valence electrons. The molecule has 8 nitrogen and oxygen atoms in total. The minimum atomic E-state index is -0.468. The van der Waals surface area contributed by atoms with Gasteiger partial charge in [-0.25, -0.2) is 0 Å². The van der Waals surface area contributed by atoms with Crippen molar-refractivity contribution in [3.8, 4) is 5.69 Å². The van der Waals surface area contributed by atoms with E-state index >= 15 is 0 Å². The van der Waals surface area contributed by atoms with E-state index in [9.17, 15) is 9.59 Å². The van der Waals surface area contributed by atoms with Crippen LogP contribution in [0.1, 0.15) is 33.2 Å². The van der Waals surface area contributed by atoms with E-state index in [0.29, 0.717) is 16.8 Å². The van der Waals surface area contributed by atoms with Crippen LogP contribution in [-0.2, 0) is 6.42 Å². The standard InChI is InChI=1S/C17H16N6O2/c1-2-12-7-9-13(10-8-12)16(24)19-20-17(25)14-5-3-4-6-15(14)23-11-18-21-22-23/h3-11H,2H2,1H3,(H,19,24)(H,20,25). The van der Waals surface area contributed by atoms with Crippen molar-refractivity contribution in [3.63, 3.8) is 0 Å². The van der Waals surface area contributed by atoms with Crippen LogP contribution in [0.15, 0.2) is 54.9 Å². The van der Waals surface area contributed by atoms with Crippen molar-refractivity contribution in [2.75, 3.05) is 0 Å². The van der Waals surface area contributed by atoms with E-state index in [1.807, 2.05) is 19.1 Å². The first-order valence-electron chi connectivity index (χ1n) is 7.71. The van der Waals surface area contributed by atoms with Crippen molar-refractivity contribution >= 4 is 11.8 Å². The number of hydrogen-bond acceptors (Lipinski definition) is 5. The Kier molecular flexibility index (Phi) is 4.79. The number of carbonyl (C=O) groups is 2. The molecule has 8 heteroatoms. The van der Waals surface area contributed by atoms with Gasteiger partial charge in [0.05, 0.1) is 11.3 Å². The van der Waals surface area contributed by atoms with Gasteiger partial charge in [0.2, 0.25) is 0 Å². The Balaban J connectivity index is 1.70. The molecule has 0 spiro atoms. The number of hydrogen-bond donors (Lipinski definition) is 2. The van der Waals surface area contributed by atoms with Gasteiger partial charge in [-0.2, -0.15) is 4.68 Å². The zero-order valence-electron chi connectivity index (χ0n) is 13.5. The number of carbonyl (C=O) groups excluding carboxylic acids is 2. The highest BCUT2D eigenvalue weighted by atomic mass is 16.2. The molecule has 1 heterocycles. The van der Waals surface area contributed by atoms with Crippen LogP contribution in [0.4, 0.5) is 0 Å². The lowest BCUT2D eigenvalue weighted by Gasteiger charge is -2.10. The van der Waals surface area contributed by atoms with Crippen LogP contribution in [0.5, 0.6) is 0 Å². The maximum atomic E-state index is 12.4. The Morgan fingerprint density at radius 2 is 1.72 bits per heavy atom. The number of benzene rings is 2. The fourth-order valence-corrected chi connectivity index (χ4v) is 2.28. The number of tetrazole rings is 1. The molecule has 2 N–H and O–H groups in total. The molecule has 0 saturated heterocycles. The van der Waals surface area contributed by atoms with Crippen molar-refractivity contribution in [1.29, 1.82) is 0 Å². The zero-order valence-corrected chi connectivity index (χ0v) is 13.5. The lowest BCUT2D eigenvalue weighted by atomic mass is 10.1. The molecule has 0 aliphatic carbocycles. The number of aryl methyl sites for hydroxylation is 1. The summed E-state index contributed by atoms with van der Waals surface area (Å²) in [7, 11) is 0. The second-order valence-corrected chi connectivity index (χ2v) is 5.23. The van der Waals surface area contributed by atoms with Crippen molar-refractivity contribution in [1.82, 2.24) is 31.1 Å². The second kappa shape index (κ2) is 7.35. The topological polar surface area (TPSA) is 102 Å². The minimum Gasteiger partial charge on any atom is -0.267 e. The van der Waals surface area contributed by atoms with Crippen LogP contribution in [0.25, 0.3) is 5.69 Å². The third-order valence-corrected chi connectivity index (χ3v) is 3.66. The van der Waals surface area contributed by atoms with Crippen LogP contribution in [0, 0.1) is 0 Å². The molecule has 2 aromatic carbocycles. The van der Waals surface area contributed by atoms with E-state index in [2.05, 4.69) is 26.4 Å². The first-order chi connectivity index (χ1) is 12.2. The number of aromatic nitrogens is 4. The Hall–Kier alpha value is -3.55. The van der Waals surface area contributed by atoms with E-state index in [-0.39, 0.29) is 0 Å². The normalized spacial score (nSPS) is 10.3. The van der Waals surface area contributed by atoms with Gasteiger partial charge in [0.25, 0.3) is 11.8 Å². The Morgan fingerprint density at radius 1 is 1.00 bits per heavy atom. The monoisotopic (exact) mass is 336 g/mol. The fourth-order valence-electron chi connectivity index (χ4n) is 2.28. The fraction of sp³-hybridized carbons (Fsp3) is 0.118. The molecule has 0 saturated carbocycles. The lowest BCUT2D eigenvalue weighted by Crippen LogP contribution is -2.42. The summed E-state index contributed by atoms with van der Waals surface area (Å²) in [5.41, 5.74) is 7.25. The van der Waals surface area contributed by atoms with Gasteiger partial charge in [-0.15, -0.1) is 5.10 Å². The molecule has 3 aromatic rings. The molecule has 25 heavy (non-hydrogen) atoms. The number of hydrazine groups is 1. The van der Waals surface area contributed by atoms with Gasteiger partial charge in [-0.3, -0.25) is 20.4 Å². The average Bonchev–Trinajstić information content (AvgIpc) is 3.20. The molecule has 0 fully saturated rings. The summed E-state index contributed by atoms with van der Waals surface area (Å²) in [5.74, 6) is -0.861. The molecule has 0 unspecified atom stereocenters. The van der Waals surface area contributed by atoms with Crippen molar-refractivity contribution in [2.45, 2.75) is 13.3 Å². The Bertz CT molecular complexity index is 874. The van der Waals surface area contributed by atoms with Gasteiger partial charge < -0.3 is 0 Å². The predicted molar refractivity (Wildman–Crippen MR) is 89.9 cm³/mol. The largest absolute Gasteiger partial charge is 0.271 e. The van der Waals surface area contributed by atoms with Gasteiger partial charge in [0.1, 0.15) is 6.33 Å². The number of nitrogens with zero attached hydrogens (tertiary/aromatic N) is 4. The number of para-hydroxylation sites is 1. The summed E-state index contributed by atoms with van der Waals surface area (Å²) < 4.78 is 1.38. The van der Waals surface area contributed by atoms with E-state index in [4.69, 9.17) is 0 Å². The van der Waals surface area contributed by atoms with E-state index in [1.54, 1.807) is 36.4 Å². The second-order valence-electron chi connectivity index (χ2n) is 5.23. The quantitative estimate of drug-likeness (QED) is 0.699. The number of amides is 2. The number of rotatable bonds is 4. The van der Waals surface area contributed by atoms with Crippen LogP contribution >= 0.6 is 0 Å². The SMILES string of the molecule is CCc1ccc(C(=O)NNC(=O)c2ccccc2-n2cnnn2)cc1. The third kappa shape index (κ3) is 3.69. The predicted octanol–water partition coefficient (Wildman–Crippen LogP) is 1.30. The van der Waals surface area contributed by atoms with Gasteiger partial charge in [0, 0.05) is 5.56 Å². The number of nitrogens with one attached hydrogen (secondary N) is 2. The van der Waals surface area contributed by atoms with E-state index in [0.717, 1.165) is 12.0 Å². The maximum absolute atomic E-state index is 12.4. The molecule has 0 atom stereocenters. The average molecular weight is 336 g/mol. The first-order valence-corrected chi connectivity index (χ1v) is 7.71. The molecule has 0 bridgehead atoms. The molecule has 0 aliphatic heterocycles. The molecule has 2 amide bonds. The molecule has 0 aliphatic rings. The van der Waals surface area contributed by atoms with Crippen LogP contribution < -0.4 is 10.9 Å². The highest BCUT2D eigenvalue weighted by Crippen LogP contribution is 2.12. The molecule has 0 radical (unpaired) electrons. The third-order valence-electron chi connectivity index (χ3n) is 3.66. The lowest BCUT2D eigenvalue weighted by molar-refractivity contribution is 0.0846. The van der Waals surface area contributed by atoms with Gasteiger partial charge in [-0.05, 0) is 46.7 Å². The Labute approximate surface area is 143 Å². The van der Waals surface area contributed by atoms with Gasteiger partial charge >= 0.3 is 0 Å². The summed E-state index contributed by atoms with van der Waals surface area (Å²) in [6.45, 7) is 2.04. The first kappa shape index (κ1) is 16.3. The van der Waals surface area contributed by atoms with Gasteiger partial charge in [-0.1, -0.05) is 31.2 Å². The summed E-state index contributed by atoms with van der Waals surface area (Å²) >= 11 is 0.